The van der Waals surface area contributed by atoms with Crippen LogP contribution in [0.25, 0.3) is 21.2 Å². The fourth-order valence-electron chi connectivity index (χ4n) is 4.94. The molecule has 4 aromatic carbocycles. The molecule has 0 aliphatic heterocycles. The molecule has 0 saturated heterocycles. The molecule has 0 radical (unpaired) electrons. The maximum absolute atomic E-state index is 14.8. The second-order valence-corrected chi connectivity index (χ2v) is 10.9. The normalized spacial score (nSPS) is 12.0. The Labute approximate surface area is 222 Å². The first kappa shape index (κ1) is 24.9. The molecule has 5 aromatic rings. The molecule has 37 heavy (non-hydrogen) atoms. The number of rotatable bonds is 7. The van der Waals surface area contributed by atoms with Gasteiger partial charge in [-0.15, -0.1) is 11.3 Å². The predicted octanol–water partition coefficient (Wildman–Crippen LogP) is 8.60. The second kappa shape index (κ2) is 10.7. The SMILES string of the molecule is Cc1ccc(-c2ccc3ccccc3c2C(=O)N(Cc2ccccc2F)C(C)Cc2ccccc2C)s1. The molecule has 0 N–H and O–H groups in total. The summed E-state index contributed by atoms with van der Waals surface area (Å²) >= 11 is 1.68. The van der Waals surface area contributed by atoms with E-state index in [9.17, 15) is 9.18 Å². The van der Waals surface area contributed by atoms with Crippen molar-refractivity contribution in [2.24, 2.45) is 0 Å². The summed E-state index contributed by atoms with van der Waals surface area (Å²) in [4.78, 5) is 18.7. The number of nitrogens with zero attached hydrogens (tertiary/aromatic N) is 1. The number of hydrogen-bond donors (Lipinski definition) is 0. The van der Waals surface area contributed by atoms with Crippen LogP contribution in [0, 0.1) is 19.7 Å². The Morgan fingerprint density at radius 1 is 0.838 bits per heavy atom. The van der Waals surface area contributed by atoms with Crippen LogP contribution in [0.4, 0.5) is 4.39 Å². The van der Waals surface area contributed by atoms with Gasteiger partial charge in [0.1, 0.15) is 5.82 Å². The van der Waals surface area contributed by atoms with Gasteiger partial charge in [0, 0.05) is 33.5 Å². The summed E-state index contributed by atoms with van der Waals surface area (Å²) in [5.41, 5.74) is 4.48. The number of carbonyl (C=O) groups is 1. The van der Waals surface area contributed by atoms with Gasteiger partial charge in [-0.3, -0.25) is 4.79 Å². The number of aryl methyl sites for hydroxylation is 2. The standard InChI is InChI=1S/C33H30FNOS/c1-22-10-4-5-12-26(22)20-23(2)35(21-27-13-7-9-15-30(27)34)33(36)32-28-14-8-6-11-25(28)17-18-29(32)31-19-16-24(3)37-31/h4-19,23H,20-21H2,1-3H3. The fraction of sp³-hybridized carbons (Fsp3) is 0.182. The lowest BCUT2D eigenvalue weighted by molar-refractivity contribution is 0.0676. The molecule has 0 fully saturated rings. The smallest absolute Gasteiger partial charge is 0.255 e. The van der Waals surface area contributed by atoms with Crippen molar-refractivity contribution in [1.82, 2.24) is 4.90 Å². The van der Waals surface area contributed by atoms with E-state index >= 15 is 0 Å². The fourth-order valence-corrected chi connectivity index (χ4v) is 5.83. The lowest BCUT2D eigenvalue weighted by atomic mass is 9.95. The van der Waals surface area contributed by atoms with Crippen molar-refractivity contribution < 1.29 is 9.18 Å². The summed E-state index contributed by atoms with van der Waals surface area (Å²) in [6.07, 6.45) is 0.686. The van der Waals surface area contributed by atoms with E-state index in [1.54, 1.807) is 23.5 Å². The number of fused-ring (bicyclic) bond motifs is 1. The first-order valence-corrected chi connectivity index (χ1v) is 13.4. The Morgan fingerprint density at radius 2 is 1.54 bits per heavy atom. The van der Waals surface area contributed by atoms with Crippen molar-refractivity contribution in [2.75, 3.05) is 0 Å². The van der Waals surface area contributed by atoms with Gasteiger partial charge < -0.3 is 4.90 Å². The molecule has 2 nitrogen and oxygen atoms in total. The van der Waals surface area contributed by atoms with Gasteiger partial charge in [-0.2, -0.15) is 0 Å². The molecule has 5 rings (SSSR count). The molecule has 1 heterocycles. The summed E-state index contributed by atoms with van der Waals surface area (Å²) in [7, 11) is 0. The van der Waals surface area contributed by atoms with Crippen LogP contribution in [0.3, 0.4) is 0 Å². The number of thiophene rings is 1. The third-order valence-electron chi connectivity index (χ3n) is 7.02. The lowest BCUT2D eigenvalue weighted by Crippen LogP contribution is -2.40. The summed E-state index contributed by atoms with van der Waals surface area (Å²) < 4.78 is 14.8. The highest BCUT2D eigenvalue weighted by Crippen LogP contribution is 2.36. The van der Waals surface area contributed by atoms with Crippen molar-refractivity contribution in [3.63, 3.8) is 0 Å². The van der Waals surface area contributed by atoms with E-state index in [4.69, 9.17) is 0 Å². The molecule has 1 atom stereocenters. The van der Waals surface area contributed by atoms with Crippen molar-refractivity contribution in [3.8, 4) is 10.4 Å². The zero-order valence-electron chi connectivity index (χ0n) is 21.4. The molecule has 0 aliphatic carbocycles. The van der Waals surface area contributed by atoms with E-state index in [0.29, 0.717) is 17.5 Å². The molecule has 0 spiro atoms. The average molecular weight is 508 g/mol. The van der Waals surface area contributed by atoms with Crippen molar-refractivity contribution in [3.05, 3.63) is 130 Å². The molecule has 4 heteroatoms. The molecular weight excluding hydrogens is 477 g/mol. The largest absolute Gasteiger partial charge is 0.331 e. The zero-order valence-corrected chi connectivity index (χ0v) is 22.2. The van der Waals surface area contributed by atoms with Gasteiger partial charge in [-0.1, -0.05) is 78.9 Å². The molecule has 0 saturated carbocycles. The zero-order chi connectivity index (χ0) is 25.9. The maximum Gasteiger partial charge on any atom is 0.255 e. The predicted molar refractivity (Wildman–Crippen MR) is 153 cm³/mol. The maximum atomic E-state index is 14.8. The van der Waals surface area contributed by atoms with Gasteiger partial charge >= 0.3 is 0 Å². The molecular formula is C33H30FNOS. The highest BCUT2D eigenvalue weighted by Gasteiger charge is 2.27. The van der Waals surface area contributed by atoms with Crippen LogP contribution >= 0.6 is 11.3 Å². The van der Waals surface area contributed by atoms with Crippen LogP contribution < -0.4 is 0 Å². The number of halogens is 1. The van der Waals surface area contributed by atoms with Crippen LogP contribution in [0.15, 0.2) is 97.1 Å². The van der Waals surface area contributed by atoms with Crippen molar-refractivity contribution in [1.29, 1.82) is 0 Å². The van der Waals surface area contributed by atoms with Crippen LogP contribution in [-0.2, 0) is 13.0 Å². The minimum absolute atomic E-state index is 0.0813. The van der Waals surface area contributed by atoms with Gasteiger partial charge in [0.25, 0.3) is 5.91 Å². The highest BCUT2D eigenvalue weighted by atomic mass is 32.1. The van der Waals surface area contributed by atoms with Crippen LogP contribution in [0.5, 0.6) is 0 Å². The van der Waals surface area contributed by atoms with Crippen molar-refractivity contribution >= 4 is 28.0 Å². The molecule has 1 amide bonds. The topological polar surface area (TPSA) is 20.3 Å². The summed E-state index contributed by atoms with van der Waals surface area (Å²) in [6, 6.07) is 31.1. The van der Waals surface area contributed by atoms with Gasteiger partial charge in [0.2, 0.25) is 0 Å². The van der Waals surface area contributed by atoms with E-state index in [1.165, 1.54) is 22.1 Å². The Balaban J connectivity index is 1.64. The summed E-state index contributed by atoms with van der Waals surface area (Å²) in [6.45, 7) is 6.43. The van der Waals surface area contributed by atoms with Gasteiger partial charge in [0.05, 0.1) is 5.56 Å². The van der Waals surface area contributed by atoms with E-state index in [0.717, 1.165) is 21.2 Å². The Morgan fingerprint density at radius 3 is 2.27 bits per heavy atom. The molecule has 1 unspecified atom stereocenters. The van der Waals surface area contributed by atoms with Crippen molar-refractivity contribution in [2.45, 2.75) is 39.8 Å². The number of benzene rings is 4. The van der Waals surface area contributed by atoms with E-state index < -0.39 is 0 Å². The monoisotopic (exact) mass is 507 g/mol. The first-order valence-electron chi connectivity index (χ1n) is 12.6. The number of carbonyl (C=O) groups excluding carboxylic acids is 1. The average Bonchev–Trinajstić information content (AvgIpc) is 3.34. The molecule has 0 aliphatic rings. The summed E-state index contributed by atoms with van der Waals surface area (Å²) in [5, 5.41) is 1.93. The van der Waals surface area contributed by atoms with E-state index in [2.05, 4.69) is 51.1 Å². The van der Waals surface area contributed by atoms with Crippen LogP contribution in [-0.4, -0.2) is 16.8 Å². The van der Waals surface area contributed by atoms with Crippen LogP contribution in [0.1, 0.15) is 38.8 Å². The van der Waals surface area contributed by atoms with Gasteiger partial charge in [-0.25, -0.2) is 4.39 Å². The first-order chi connectivity index (χ1) is 17.9. The van der Waals surface area contributed by atoms with Crippen LogP contribution in [0.2, 0.25) is 0 Å². The van der Waals surface area contributed by atoms with Gasteiger partial charge in [0.15, 0.2) is 0 Å². The minimum atomic E-state index is -0.296. The molecule has 1 aromatic heterocycles. The quantitative estimate of drug-likeness (QED) is 0.216. The lowest BCUT2D eigenvalue weighted by Gasteiger charge is -2.31. The summed E-state index contributed by atoms with van der Waals surface area (Å²) in [5.74, 6) is -0.377. The minimum Gasteiger partial charge on any atom is -0.331 e. The van der Waals surface area contributed by atoms with E-state index in [-0.39, 0.29) is 24.3 Å². The number of amides is 1. The second-order valence-electron chi connectivity index (χ2n) is 9.62. The Hall–Kier alpha value is -3.76. The number of hydrogen-bond acceptors (Lipinski definition) is 2. The Kier molecular flexibility index (Phi) is 7.20. The van der Waals surface area contributed by atoms with Gasteiger partial charge in [-0.05, 0) is 67.3 Å². The molecule has 0 bridgehead atoms. The third-order valence-corrected chi connectivity index (χ3v) is 8.05. The molecule has 186 valence electrons. The Bertz CT molecular complexity index is 1570. The third kappa shape index (κ3) is 5.21. The van der Waals surface area contributed by atoms with E-state index in [1.807, 2.05) is 53.4 Å². The highest BCUT2D eigenvalue weighted by molar-refractivity contribution is 7.15.